The third-order valence-corrected chi connectivity index (χ3v) is 9.70. The Kier molecular flexibility index (Phi) is 6.96. The van der Waals surface area contributed by atoms with Crippen molar-refractivity contribution in [2.45, 2.75) is 0 Å². The van der Waals surface area contributed by atoms with Gasteiger partial charge in [0.2, 0.25) is 0 Å². The standard InChI is InChI=1S/C14H10O4Se2.ClH/c15-13(16)9-5-1-3-7-11(9)19-20-12-8-4-2-6-10(12)14(17)18;/h1-8H,(H,15,16)(H,17,18);1H. The number of hydrogen-bond donors (Lipinski definition) is 2. The molecule has 21 heavy (non-hydrogen) atoms. The van der Waals surface area contributed by atoms with E-state index in [-0.39, 0.29) is 38.7 Å². The molecular formula is C14H11ClO4Se2. The average molecular weight is 437 g/mol. The van der Waals surface area contributed by atoms with E-state index < -0.39 is 11.9 Å². The second-order valence-electron chi connectivity index (χ2n) is 3.77. The van der Waals surface area contributed by atoms with Crippen LogP contribution in [0, 0.1) is 0 Å². The van der Waals surface area contributed by atoms with Crippen LogP contribution in [0.4, 0.5) is 0 Å². The number of carboxylic acids is 2. The van der Waals surface area contributed by atoms with E-state index >= 15 is 0 Å². The van der Waals surface area contributed by atoms with Crippen LogP contribution in [0.15, 0.2) is 48.5 Å². The predicted molar refractivity (Wildman–Crippen MR) is 84.8 cm³/mol. The third kappa shape index (κ3) is 4.60. The van der Waals surface area contributed by atoms with Gasteiger partial charge in [0.1, 0.15) is 0 Å². The molecule has 0 saturated heterocycles. The first-order chi connectivity index (χ1) is 9.59. The van der Waals surface area contributed by atoms with Crippen molar-refractivity contribution in [3.63, 3.8) is 0 Å². The van der Waals surface area contributed by atoms with E-state index in [0.29, 0.717) is 11.1 Å². The zero-order valence-electron chi connectivity index (χ0n) is 10.6. The summed E-state index contributed by atoms with van der Waals surface area (Å²) in [5.41, 5.74) is 0.615. The number of hydrogen-bond acceptors (Lipinski definition) is 2. The van der Waals surface area contributed by atoms with Gasteiger partial charge in [-0.05, 0) is 0 Å². The van der Waals surface area contributed by atoms with Gasteiger partial charge in [-0.2, -0.15) is 0 Å². The first-order valence-corrected chi connectivity index (χ1v) is 11.6. The van der Waals surface area contributed by atoms with Crippen LogP contribution in [0.2, 0.25) is 0 Å². The normalized spacial score (nSPS) is 9.71. The molecule has 0 bridgehead atoms. The first-order valence-electron chi connectivity index (χ1n) is 5.59. The van der Waals surface area contributed by atoms with Crippen LogP contribution >= 0.6 is 12.4 Å². The van der Waals surface area contributed by atoms with Crippen LogP contribution in [0.3, 0.4) is 0 Å². The summed E-state index contributed by atoms with van der Waals surface area (Å²) in [5.74, 6) is -1.88. The molecule has 2 aromatic carbocycles. The zero-order chi connectivity index (χ0) is 14.5. The van der Waals surface area contributed by atoms with Gasteiger partial charge in [0.15, 0.2) is 0 Å². The summed E-state index contributed by atoms with van der Waals surface area (Å²) < 4.78 is 1.60. The Morgan fingerprint density at radius 2 is 1.05 bits per heavy atom. The summed E-state index contributed by atoms with van der Waals surface area (Å²) in [5, 5.41) is 18.3. The second kappa shape index (κ2) is 8.22. The number of carbonyl (C=O) groups is 2. The first kappa shape index (κ1) is 17.8. The quantitative estimate of drug-likeness (QED) is 0.680. The van der Waals surface area contributed by atoms with Crippen molar-refractivity contribution in [2.24, 2.45) is 0 Å². The van der Waals surface area contributed by atoms with Gasteiger partial charge in [-0.25, -0.2) is 0 Å². The van der Waals surface area contributed by atoms with Crippen LogP contribution in [0.5, 0.6) is 0 Å². The van der Waals surface area contributed by atoms with E-state index in [0.717, 1.165) is 8.92 Å². The number of rotatable bonds is 5. The van der Waals surface area contributed by atoms with Crippen molar-refractivity contribution < 1.29 is 19.8 Å². The predicted octanol–water partition coefficient (Wildman–Crippen LogP) is 0.779. The van der Waals surface area contributed by atoms with E-state index in [2.05, 4.69) is 0 Å². The maximum absolute atomic E-state index is 11.1. The van der Waals surface area contributed by atoms with Crippen molar-refractivity contribution >= 4 is 59.5 Å². The number of carboxylic acid groups (broad SMARTS) is 2. The van der Waals surface area contributed by atoms with Gasteiger partial charge in [-0.15, -0.1) is 12.4 Å². The topological polar surface area (TPSA) is 74.6 Å². The van der Waals surface area contributed by atoms with Crippen LogP contribution in [-0.2, 0) is 0 Å². The van der Waals surface area contributed by atoms with Crippen molar-refractivity contribution in [2.75, 3.05) is 0 Å². The van der Waals surface area contributed by atoms with Gasteiger partial charge in [0, 0.05) is 0 Å². The van der Waals surface area contributed by atoms with Crippen LogP contribution in [0.25, 0.3) is 0 Å². The summed E-state index contributed by atoms with van der Waals surface area (Å²) in [6.07, 6.45) is 0. The average Bonchev–Trinajstić information content (AvgIpc) is 2.45. The Hall–Kier alpha value is -1.29. The molecule has 0 radical (unpaired) electrons. The molecule has 0 heterocycles. The molecule has 0 aliphatic heterocycles. The van der Waals surface area contributed by atoms with E-state index in [1.54, 1.807) is 36.4 Å². The maximum atomic E-state index is 11.1. The van der Waals surface area contributed by atoms with Gasteiger partial charge >= 0.3 is 127 Å². The molecule has 0 aliphatic rings. The van der Waals surface area contributed by atoms with E-state index in [1.165, 1.54) is 0 Å². The van der Waals surface area contributed by atoms with Crippen LogP contribution < -0.4 is 8.92 Å². The van der Waals surface area contributed by atoms with Crippen molar-refractivity contribution in [3.8, 4) is 0 Å². The number of aromatic carboxylic acids is 2. The molecule has 0 atom stereocenters. The number of halogens is 1. The zero-order valence-corrected chi connectivity index (χ0v) is 14.8. The molecule has 0 aliphatic carbocycles. The molecule has 2 rings (SSSR count). The Balaban J connectivity index is 0.00000220. The Morgan fingerprint density at radius 1 is 0.714 bits per heavy atom. The molecule has 2 aromatic rings. The van der Waals surface area contributed by atoms with E-state index in [9.17, 15) is 9.59 Å². The van der Waals surface area contributed by atoms with Crippen molar-refractivity contribution in [3.05, 3.63) is 59.7 Å². The summed E-state index contributed by atoms with van der Waals surface area (Å²) in [4.78, 5) is 22.3. The van der Waals surface area contributed by atoms with Crippen LogP contribution in [-0.4, -0.2) is 48.4 Å². The molecule has 0 fully saturated rings. The van der Waals surface area contributed by atoms with Crippen molar-refractivity contribution in [1.29, 1.82) is 0 Å². The van der Waals surface area contributed by atoms with Gasteiger partial charge in [-0.3, -0.25) is 0 Å². The molecule has 0 amide bonds. The SMILES string of the molecule is Cl.O=C(O)c1ccccc1[Se][Se]c1ccccc1C(=O)O. The van der Waals surface area contributed by atoms with Gasteiger partial charge in [-0.1, -0.05) is 0 Å². The summed E-state index contributed by atoms with van der Waals surface area (Å²) in [6.45, 7) is 0. The van der Waals surface area contributed by atoms with Crippen molar-refractivity contribution in [1.82, 2.24) is 0 Å². The molecular weight excluding hydrogens is 426 g/mol. The minimum atomic E-state index is -0.940. The van der Waals surface area contributed by atoms with E-state index in [4.69, 9.17) is 10.2 Å². The molecule has 110 valence electrons. The fourth-order valence-electron chi connectivity index (χ4n) is 1.52. The van der Waals surface area contributed by atoms with Crippen LogP contribution in [0.1, 0.15) is 20.7 Å². The Bertz CT molecular complexity index is 603. The van der Waals surface area contributed by atoms with Gasteiger partial charge in [0.25, 0.3) is 0 Å². The monoisotopic (exact) mass is 438 g/mol. The van der Waals surface area contributed by atoms with Gasteiger partial charge in [0.05, 0.1) is 0 Å². The molecule has 0 spiro atoms. The fourth-order valence-corrected chi connectivity index (χ4v) is 8.62. The summed E-state index contributed by atoms with van der Waals surface area (Å²) >= 11 is -0.124. The fraction of sp³-hybridized carbons (Fsp3) is 0. The molecule has 0 aromatic heterocycles. The Labute approximate surface area is 138 Å². The summed E-state index contributed by atoms with van der Waals surface area (Å²) in [7, 11) is 0. The second-order valence-corrected chi connectivity index (χ2v) is 9.95. The molecule has 0 unspecified atom stereocenters. The third-order valence-electron chi connectivity index (χ3n) is 2.46. The van der Waals surface area contributed by atoms with Gasteiger partial charge < -0.3 is 0 Å². The van der Waals surface area contributed by atoms with E-state index in [1.807, 2.05) is 12.1 Å². The minimum absolute atomic E-state index is 0. The molecule has 2 N–H and O–H groups in total. The Morgan fingerprint density at radius 3 is 1.38 bits per heavy atom. The number of benzene rings is 2. The summed E-state index contributed by atoms with van der Waals surface area (Å²) in [6, 6.07) is 13.8. The molecule has 4 nitrogen and oxygen atoms in total. The molecule has 0 saturated carbocycles. The molecule has 7 heteroatoms.